The molecule has 1 N–H and O–H groups in total. The highest BCUT2D eigenvalue weighted by Crippen LogP contribution is 2.35. The first-order chi connectivity index (χ1) is 15.2. The Labute approximate surface area is 181 Å². The minimum absolute atomic E-state index is 0.121. The van der Waals surface area contributed by atoms with Crippen molar-refractivity contribution < 1.29 is 9.21 Å². The van der Waals surface area contributed by atoms with E-state index in [-0.39, 0.29) is 11.3 Å². The molecule has 0 unspecified atom stereocenters. The molecule has 5 rings (SSSR count). The maximum Gasteiger partial charge on any atom is 0.291 e. The van der Waals surface area contributed by atoms with Crippen LogP contribution >= 0.6 is 0 Å². The molecule has 2 bridgehead atoms. The quantitative estimate of drug-likeness (QED) is 0.663. The third-order valence-corrected chi connectivity index (χ3v) is 6.46. The van der Waals surface area contributed by atoms with Gasteiger partial charge in [0.25, 0.3) is 11.5 Å². The van der Waals surface area contributed by atoms with Crippen LogP contribution in [0.5, 0.6) is 0 Å². The first-order valence-electron chi connectivity index (χ1n) is 11.0. The van der Waals surface area contributed by atoms with E-state index in [1.807, 2.05) is 10.6 Å². The van der Waals surface area contributed by atoms with E-state index >= 15 is 0 Å². The lowest BCUT2D eigenvalue weighted by Gasteiger charge is -2.43. The molecule has 4 heterocycles. The van der Waals surface area contributed by atoms with Crippen LogP contribution in [0.25, 0.3) is 0 Å². The van der Waals surface area contributed by atoms with E-state index in [0.29, 0.717) is 24.1 Å². The Morgan fingerprint density at radius 2 is 1.90 bits per heavy atom. The van der Waals surface area contributed by atoms with Gasteiger partial charge in [-0.05, 0) is 61.6 Å². The van der Waals surface area contributed by atoms with E-state index in [0.717, 1.165) is 44.6 Å². The molecule has 3 aromatic rings. The number of amides is 1. The van der Waals surface area contributed by atoms with Gasteiger partial charge in [-0.2, -0.15) is 0 Å². The molecule has 1 amide bonds. The number of carbonyl (C=O) groups is 1. The van der Waals surface area contributed by atoms with Crippen molar-refractivity contribution in [2.24, 2.45) is 5.92 Å². The summed E-state index contributed by atoms with van der Waals surface area (Å²) in [6.07, 6.45) is 4.82. The number of nitrogens with zero attached hydrogens (tertiary/aromatic N) is 2. The Morgan fingerprint density at radius 1 is 1.03 bits per heavy atom. The first-order valence-corrected chi connectivity index (χ1v) is 11.0. The van der Waals surface area contributed by atoms with Crippen molar-refractivity contribution in [1.82, 2.24) is 9.47 Å². The molecule has 6 heteroatoms. The number of pyridine rings is 1. The molecule has 31 heavy (non-hydrogen) atoms. The lowest BCUT2D eigenvalue weighted by Crippen LogP contribution is -2.47. The number of rotatable bonds is 6. The smallest absolute Gasteiger partial charge is 0.291 e. The number of benzene rings is 1. The molecule has 1 fully saturated rings. The van der Waals surface area contributed by atoms with E-state index < -0.39 is 5.91 Å². The topological polar surface area (TPSA) is 67.5 Å². The Morgan fingerprint density at radius 3 is 2.71 bits per heavy atom. The number of aryl methyl sites for hydroxylation is 1. The molecule has 1 saturated heterocycles. The summed E-state index contributed by atoms with van der Waals surface area (Å²) in [6, 6.07) is 17.6. The Hall–Kier alpha value is -3.12. The van der Waals surface area contributed by atoms with E-state index in [2.05, 4.69) is 40.5 Å². The van der Waals surface area contributed by atoms with Crippen LogP contribution in [0.3, 0.4) is 0 Å². The van der Waals surface area contributed by atoms with Gasteiger partial charge in [0.15, 0.2) is 5.76 Å². The molecule has 2 aliphatic heterocycles. The van der Waals surface area contributed by atoms with Gasteiger partial charge < -0.3 is 19.2 Å². The van der Waals surface area contributed by atoms with Crippen molar-refractivity contribution in [3.63, 3.8) is 0 Å². The van der Waals surface area contributed by atoms with Crippen molar-refractivity contribution in [2.75, 3.05) is 25.0 Å². The summed E-state index contributed by atoms with van der Waals surface area (Å²) in [7, 11) is 0. The molecule has 0 spiro atoms. The van der Waals surface area contributed by atoms with Crippen molar-refractivity contribution in [3.05, 3.63) is 88.2 Å². The number of aromatic nitrogens is 1. The maximum absolute atomic E-state index is 13.1. The van der Waals surface area contributed by atoms with E-state index in [1.54, 1.807) is 18.2 Å². The second-order valence-corrected chi connectivity index (χ2v) is 8.67. The molecule has 160 valence electrons. The number of anilines is 1. The van der Waals surface area contributed by atoms with Crippen molar-refractivity contribution in [2.45, 2.75) is 31.7 Å². The number of fused-ring (bicyclic) bond motifs is 4. The van der Waals surface area contributed by atoms with E-state index in [4.69, 9.17) is 4.42 Å². The zero-order valence-corrected chi connectivity index (χ0v) is 17.5. The molecule has 0 saturated carbocycles. The summed E-state index contributed by atoms with van der Waals surface area (Å²) >= 11 is 0. The lowest BCUT2D eigenvalue weighted by atomic mass is 9.83. The average molecular weight is 418 g/mol. The molecule has 0 radical (unpaired) electrons. The number of hydrogen-bond donors (Lipinski definition) is 1. The van der Waals surface area contributed by atoms with Crippen LogP contribution in [0, 0.1) is 5.92 Å². The largest absolute Gasteiger partial charge is 0.459 e. The number of nitrogens with one attached hydrogen (secondary N) is 1. The minimum Gasteiger partial charge on any atom is -0.459 e. The van der Waals surface area contributed by atoms with E-state index in [9.17, 15) is 9.59 Å². The van der Waals surface area contributed by atoms with E-state index in [1.165, 1.54) is 11.8 Å². The summed E-state index contributed by atoms with van der Waals surface area (Å²) in [5.41, 5.74) is 2.67. The van der Waals surface area contributed by atoms with Crippen molar-refractivity contribution >= 4 is 11.6 Å². The Kier molecular flexibility index (Phi) is 5.47. The third-order valence-electron chi connectivity index (χ3n) is 6.46. The number of piperidine rings is 1. The first kappa shape index (κ1) is 19.8. The highest BCUT2D eigenvalue weighted by Gasteiger charge is 2.34. The SMILES string of the molecule is O=C(Nc1ccc2n(c1=O)C[C@@H]1C[C@@H]2CN(CCCc2ccccc2)C1)c1ccco1. The number of carbonyl (C=O) groups excluding carboxylic acids is 1. The highest BCUT2D eigenvalue weighted by molar-refractivity contribution is 6.02. The fraction of sp³-hybridized carbons (Fsp3) is 0.360. The number of hydrogen-bond acceptors (Lipinski definition) is 4. The zero-order valence-electron chi connectivity index (χ0n) is 17.5. The predicted octanol–water partition coefficient (Wildman–Crippen LogP) is 3.75. The summed E-state index contributed by atoms with van der Waals surface area (Å²) < 4.78 is 7.00. The van der Waals surface area contributed by atoms with Gasteiger partial charge in [0, 0.05) is 31.2 Å². The molecule has 2 atom stereocenters. The molecular weight excluding hydrogens is 390 g/mol. The van der Waals surface area contributed by atoms with Gasteiger partial charge in [0.2, 0.25) is 0 Å². The van der Waals surface area contributed by atoms with Crippen molar-refractivity contribution in [1.29, 1.82) is 0 Å². The Bertz CT molecular complexity index is 1100. The fourth-order valence-electron chi connectivity index (χ4n) is 5.07. The van der Waals surface area contributed by atoms with Gasteiger partial charge in [-0.1, -0.05) is 30.3 Å². The summed E-state index contributed by atoms with van der Waals surface area (Å²) in [6.45, 7) is 3.82. The van der Waals surface area contributed by atoms with Gasteiger partial charge in [0.1, 0.15) is 5.69 Å². The lowest BCUT2D eigenvalue weighted by molar-refractivity contribution is 0.0996. The van der Waals surface area contributed by atoms with Crippen molar-refractivity contribution in [3.8, 4) is 0 Å². The average Bonchev–Trinajstić information content (AvgIpc) is 3.32. The molecule has 2 aliphatic rings. The van der Waals surface area contributed by atoms with Crippen LogP contribution in [0.4, 0.5) is 5.69 Å². The van der Waals surface area contributed by atoms with Gasteiger partial charge in [-0.15, -0.1) is 0 Å². The predicted molar refractivity (Wildman–Crippen MR) is 119 cm³/mol. The van der Waals surface area contributed by atoms with Crippen LogP contribution in [0.2, 0.25) is 0 Å². The van der Waals surface area contributed by atoms with Crippen LogP contribution in [0.1, 0.15) is 40.6 Å². The number of likely N-dealkylation sites (tertiary alicyclic amines) is 1. The second-order valence-electron chi connectivity index (χ2n) is 8.67. The van der Waals surface area contributed by atoms with Crippen LogP contribution in [0.15, 0.2) is 70.1 Å². The molecule has 2 aromatic heterocycles. The standard InChI is InChI=1S/C25H27N3O3/c29-24(23-9-5-13-31-23)26-21-10-11-22-20-14-19(16-28(22)25(21)30)15-27(17-20)12-4-8-18-6-2-1-3-7-18/h1-3,5-7,9-11,13,19-20H,4,8,12,14-17H2,(H,26,29)/t19-,20-/m1/s1. The van der Waals surface area contributed by atoms with Gasteiger partial charge in [-0.3, -0.25) is 9.59 Å². The van der Waals surface area contributed by atoms with Crippen LogP contribution in [-0.4, -0.2) is 35.0 Å². The Balaban J connectivity index is 1.26. The van der Waals surface area contributed by atoms with Gasteiger partial charge >= 0.3 is 0 Å². The fourth-order valence-corrected chi connectivity index (χ4v) is 5.07. The van der Waals surface area contributed by atoms with Crippen LogP contribution in [-0.2, 0) is 13.0 Å². The second kappa shape index (κ2) is 8.55. The minimum atomic E-state index is -0.400. The zero-order chi connectivity index (χ0) is 21.2. The normalized spacial score (nSPS) is 20.3. The van der Waals surface area contributed by atoms with Gasteiger partial charge in [-0.25, -0.2) is 0 Å². The van der Waals surface area contributed by atoms with Crippen LogP contribution < -0.4 is 10.9 Å². The maximum atomic E-state index is 13.1. The number of furan rings is 1. The molecule has 1 aromatic carbocycles. The molecule has 6 nitrogen and oxygen atoms in total. The molecular formula is C25H27N3O3. The monoisotopic (exact) mass is 417 g/mol. The summed E-state index contributed by atoms with van der Waals surface area (Å²) in [4.78, 5) is 27.9. The van der Waals surface area contributed by atoms with Gasteiger partial charge in [0.05, 0.1) is 6.26 Å². The summed E-state index contributed by atoms with van der Waals surface area (Å²) in [5.74, 6) is 0.636. The third kappa shape index (κ3) is 4.21. The highest BCUT2D eigenvalue weighted by atomic mass is 16.3. The molecule has 0 aliphatic carbocycles. The summed E-state index contributed by atoms with van der Waals surface area (Å²) in [5, 5.41) is 2.70.